The van der Waals surface area contributed by atoms with E-state index in [0.29, 0.717) is 0 Å². The van der Waals surface area contributed by atoms with Gasteiger partial charge in [0.1, 0.15) is 11.5 Å². The van der Waals surface area contributed by atoms with Gasteiger partial charge in [0.25, 0.3) is 0 Å². The van der Waals surface area contributed by atoms with E-state index in [0.717, 1.165) is 81.8 Å². The Hall–Kier alpha value is -1.42. The first-order valence-electron chi connectivity index (χ1n) is 15.1. The Morgan fingerprint density at radius 1 is 0.650 bits per heavy atom. The number of para-hydroxylation sites is 2. The van der Waals surface area contributed by atoms with Gasteiger partial charge in [-0.15, -0.1) is 0 Å². The number of methoxy groups -OCH3 is 2. The Morgan fingerprint density at radius 3 is 1.98 bits per heavy atom. The molecule has 8 heteroatoms. The lowest BCUT2D eigenvalue weighted by atomic mass is 10.1. The highest BCUT2D eigenvalue weighted by molar-refractivity contribution is 8.76. The Labute approximate surface area is 252 Å². The van der Waals surface area contributed by atoms with Gasteiger partial charge in [-0.2, -0.15) is 0 Å². The van der Waals surface area contributed by atoms with Crippen LogP contribution >= 0.6 is 21.6 Å². The highest BCUT2D eigenvalue weighted by Crippen LogP contribution is 2.23. The number of ether oxygens (including phenoxy) is 2. The summed E-state index contributed by atoms with van der Waals surface area (Å²) in [6, 6.07) is 16.6. The summed E-state index contributed by atoms with van der Waals surface area (Å²) >= 11 is 0. The van der Waals surface area contributed by atoms with Crippen LogP contribution in [0.1, 0.15) is 62.5 Å². The van der Waals surface area contributed by atoms with Gasteiger partial charge in [0.15, 0.2) is 0 Å². The van der Waals surface area contributed by atoms with Gasteiger partial charge >= 0.3 is 0 Å². The zero-order valence-corrected chi connectivity index (χ0v) is 26.6. The SMILES string of the molecule is COc1ccccc1CNCCCCCCNCCSSCCN(CCCCCCN)Cc1ccccc1OC. The zero-order chi connectivity index (χ0) is 28.5. The molecule has 0 saturated carbocycles. The van der Waals surface area contributed by atoms with Gasteiger partial charge in [0, 0.05) is 48.8 Å². The van der Waals surface area contributed by atoms with Crippen LogP contribution in [0.15, 0.2) is 48.5 Å². The molecule has 40 heavy (non-hydrogen) atoms. The van der Waals surface area contributed by atoms with Crippen molar-refractivity contribution in [2.24, 2.45) is 5.73 Å². The van der Waals surface area contributed by atoms with Crippen molar-refractivity contribution in [3.8, 4) is 11.5 Å². The third-order valence-corrected chi connectivity index (χ3v) is 9.30. The fraction of sp³-hybridized carbons (Fsp3) is 0.625. The monoisotopic (exact) mass is 590 g/mol. The van der Waals surface area contributed by atoms with Crippen molar-refractivity contribution in [2.75, 3.05) is 65.0 Å². The highest BCUT2D eigenvalue weighted by Gasteiger charge is 2.10. The quantitative estimate of drug-likeness (QED) is 0.0866. The molecule has 2 rings (SSSR count). The van der Waals surface area contributed by atoms with Crippen molar-refractivity contribution in [1.29, 1.82) is 0 Å². The molecule has 0 aliphatic carbocycles. The Balaban J connectivity index is 1.46. The second kappa shape index (κ2) is 24.2. The van der Waals surface area contributed by atoms with Gasteiger partial charge in [-0.1, -0.05) is 83.7 Å². The predicted molar refractivity (Wildman–Crippen MR) is 177 cm³/mol. The van der Waals surface area contributed by atoms with Crippen molar-refractivity contribution >= 4 is 21.6 Å². The summed E-state index contributed by atoms with van der Waals surface area (Å²) in [5.74, 6) is 4.26. The topological polar surface area (TPSA) is 71.8 Å². The molecule has 0 atom stereocenters. The lowest BCUT2D eigenvalue weighted by Crippen LogP contribution is -2.27. The molecule has 0 aliphatic rings. The van der Waals surface area contributed by atoms with Crippen LogP contribution in [0, 0.1) is 0 Å². The number of hydrogen-bond donors (Lipinski definition) is 3. The van der Waals surface area contributed by atoms with Gasteiger partial charge < -0.3 is 25.8 Å². The normalized spacial score (nSPS) is 11.3. The number of nitrogens with two attached hydrogens (primary N) is 1. The van der Waals surface area contributed by atoms with Crippen LogP contribution in [-0.4, -0.2) is 69.9 Å². The van der Waals surface area contributed by atoms with Crippen LogP contribution in [0.3, 0.4) is 0 Å². The molecule has 0 spiro atoms. The molecule has 0 radical (unpaired) electrons. The van der Waals surface area contributed by atoms with E-state index in [9.17, 15) is 0 Å². The van der Waals surface area contributed by atoms with Crippen molar-refractivity contribution in [1.82, 2.24) is 15.5 Å². The smallest absolute Gasteiger partial charge is 0.123 e. The zero-order valence-electron chi connectivity index (χ0n) is 25.0. The molecule has 6 nitrogen and oxygen atoms in total. The number of rotatable bonds is 26. The van der Waals surface area contributed by atoms with Crippen LogP contribution in [0.2, 0.25) is 0 Å². The number of unbranched alkanes of at least 4 members (excludes halogenated alkanes) is 6. The van der Waals surface area contributed by atoms with Gasteiger partial charge in [-0.25, -0.2) is 0 Å². The van der Waals surface area contributed by atoms with Crippen LogP contribution in [0.5, 0.6) is 11.5 Å². The molecule has 0 bridgehead atoms. The molecular formula is C32H54N4O2S2. The summed E-state index contributed by atoms with van der Waals surface area (Å²) in [6.45, 7) is 8.13. The van der Waals surface area contributed by atoms with Gasteiger partial charge in [0.05, 0.1) is 14.2 Å². The fourth-order valence-electron chi connectivity index (χ4n) is 4.63. The summed E-state index contributed by atoms with van der Waals surface area (Å²) in [4.78, 5) is 2.58. The molecule has 0 unspecified atom stereocenters. The molecule has 0 fully saturated rings. The maximum atomic E-state index is 5.65. The summed E-state index contributed by atoms with van der Waals surface area (Å²) in [5.41, 5.74) is 8.16. The maximum Gasteiger partial charge on any atom is 0.123 e. The minimum atomic E-state index is 0.803. The first-order valence-corrected chi connectivity index (χ1v) is 17.6. The van der Waals surface area contributed by atoms with E-state index in [4.69, 9.17) is 15.2 Å². The molecule has 0 saturated heterocycles. The number of hydrogen-bond acceptors (Lipinski definition) is 8. The van der Waals surface area contributed by atoms with Crippen molar-refractivity contribution in [3.05, 3.63) is 59.7 Å². The van der Waals surface area contributed by atoms with Gasteiger partial charge in [-0.3, -0.25) is 4.90 Å². The molecule has 2 aromatic rings. The first-order chi connectivity index (χ1) is 19.8. The van der Waals surface area contributed by atoms with Crippen molar-refractivity contribution in [2.45, 2.75) is 64.5 Å². The van der Waals surface area contributed by atoms with Crippen LogP contribution in [0.25, 0.3) is 0 Å². The van der Waals surface area contributed by atoms with Crippen molar-refractivity contribution < 1.29 is 9.47 Å². The minimum absolute atomic E-state index is 0.803. The van der Waals surface area contributed by atoms with Crippen molar-refractivity contribution in [3.63, 3.8) is 0 Å². The van der Waals surface area contributed by atoms with E-state index in [1.54, 1.807) is 14.2 Å². The third kappa shape index (κ3) is 16.1. The minimum Gasteiger partial charge on any atom is -0.496 e. The summed E-state index contributed by atoms with van der Waals surface area (Å²) in [7, 11) is 7.49. The number of nitrogens with one attached hydrogen (secondary N) is 2. The second-order valence-electron chi connectivity index (χ2n) is 10.1. The highest BCUT2D eigenvalue weighted by atomic mass is 33.1. The van der Waals surface area contributed by atoms with E-state index in [1.807, 2.05) is 39.8 Å². The molecule has 0 amide bonds. The fourth-order valence-corrected chi connectivity index (χ4v) is 6.60. The molecule has 2 aromatic carbocycles. The lowest BCUT2D eigenvalue weighted by molar-refractivity contribution is 0.270. The molecule has 0 heterocycles. The molecule has 226 valence electrons. The molecule has 0 aromatic heterocycles. The Kier molecular flexibility index (Phi) is 21.0. The number of nitrogens with zero attached hydrogens (tertiary/aromatic N) is 1. The van der Waals surface area contributed by atoms with E-state index < -0.39 is 0 Å². The lowest BCUT2D eigenvalue weighted by Gasteiger charge is -2.23. The predicted octanol–water partition coefficient (Wildman–Crippen LogP) is 6.35. The van der Waals surface area contributed by atoms with E-state index >= 15 is 0 Å². The van der Waals surface area contributed by atoms with E-state index in [-0.39, 0.29) is 0 Å². The molecule has 0 aliphatic heterocycles. The molecular weight excluding hydrogens is 537 g/mol. The standard InChI is InChI=1S/C32H54N4O2S2/c1-37-31-17-9-7-15-29(31)27-35-21-13-5-4-12-20-34-22-25-39-40-26-24-36(23-14-6-3-11-19-33)28-30-16-8-10-18-32(30)38-2/h7-10,15-18,34-35H,3-6,11-14,19-28,33H2,1-2H3. The van der Waals surface area contributed by atoms with E-state index in [2.05, 4.69) is 45.9 Å². The van der Waals surface area contributed by atoms with Gasteiger partial charge in [-0.05, 0) is 64.0 Å². The first kappa shape index (κ1) is 34.8. The Bertz CT molecular complexity index is 874. The maximum absolute atomic E-state index is 5.65. The summed E-state index contributed by atoms with van der Waals surface area (Å²) in [6.07, 6.45) is 9.92. The molecule has 4 N–H and O–H groups in total. The summed E-state index contributed by atoms with van der Waals surface area (Å²) < 4.78 is 11.0. The van der Waals surface area contributed by atoms with E-state index in [1.165, 1.54) is 56.1 Å². The average Bonchev–Trinajstić information content (AvgIpc) is 2.99. The second-order valence-corrected chi connectivity index (χ2v) is 12.8. The summed E-state index contributed by atoms with van der Waals surface area (Å²) in [5, 5.41) is 7.15. The Morgan fingerprint density at radius 2 is 1.25 bits per heavy atom. The average molecular weight is 591 g/mol. The van der Waals surface area contributed by atoms with Crippen LogP contribution < -0.4 is 25.8 Å². The third-order valence-electron chi connectivity index (χ3n) is 6.92. The van der Waals surface area contributed by atoms with Crippen LogP contribution in [-0.2, 0) is 13.1 Å². The largest absolute Gasteiger partial charge is 0.496 e. The van der Waals surface area contributed by atoms with Crippen LogP contribution in [0.4, 0.5) is 0 Å². The number of benzene rings is 2. The van der Waals surface area contributed by atoms with Gasteiger partial charge in [0.2, 0.25) is 0 Å².